The van der Waals surface area contributed by atoms with Gasteiger partial charge in [0.05, 0.1) is 0 Å². The normalized spacial score (nSPS) is 29.8. The molecule has 6 nitrogen and oxygen atoms in total. The monoisotopic (exact) mass is 417 g/mol. The van der Waals surface area contributed by atoms with Crippen LogP contribution >= 0.6 is 0 Å². The Kier molecular flexibility index (Phi) is 7.32. The van der Waals surface area contributed by atoms with Gasteiger partial charge < -0.3 is 16.0 Å². The maximum absolute atomic E-state index is 12.8. The number of hydrogen-bond donors (Lipinski definition) is 3. The van der Waals surface area contributed by atoms with Gasteiger partial charge >= 0.3 is 0 Å². The lowest BCUT2D eigenvalue weighted by atomic mass is 9.73. The van der Waals surface area contributed by atoms with Crippen molar-refractivity contribution in [3.63, 3.8) is 0 Å². The van der Waals surface area contributed by atoms with E-state index in [-0.39, 0.29) is 35.5 Å². The lowest BCUT2D eigenvalue weighted by Gasteiger charge is -2.35. The quantitative estimate of drug-likeness (QED) is 0.539. The molecule has 0 unspecified atom stereocenters. The van der Waals surface area contributed by atoms with Crippen LogP contribution in [0.3, 0.4) is 0 Å². The van der Waals surface area contributed by atoms with E-state index in [0.29, 0.717) is 37.0 Å². The molecular formula is C24H39N3O3. The molecule has 4 fully saturated rings. The lowest BCUT2D eigenvalue weighted by molar-refractivity contribution is -0.135. The van der Waals surface area contributed by atoms with Gasteiger partial charge in [-0.1, -0.05) is 19.3 Å². The van der Waals surface area contributed by atoms with Crippen LogP contribution in [0.1, 0.15) is 77.0 Å². The molecule has 3 amide bonds. The molecule has 3 N–H and O–H groups in total. The maximum Gasteiger partial charge on any atom is 0.223 e. The molecule has 6 heteroatoms. The molecule has 0 aromatic carbocycles. The zero-order valence-corrected chi connectivity index (χ0v) is 18.3. The van der Waals surface area contributed by atoms with E-state index in [1.807, 2.05) is 0 Å². The van der Waals surface area contributed by atoms with Crippen LogP contribution in [0.4, 0.5) is 0 Å². The highest BCUT2D eigenvalue weighted by Crippen LogP contribution is 2.35. The molecule has 0 heterocycles. The summed E-state index contributed by atoms with van der Waals surface area (Å²) in [5.74, 6) is 1.23. The van der Waals surface area contributed by atoms with Crippen molar-refractivity contribution in [2.24, 2.45) is 35.5 Å². The molecule has 168 valence electrons. The van der Waals surface area contributed by atoms with Crippen molar-refractivity contribution in [2.75, 3.05) is 19.6 Å². The Hall–Kier alpha value is -1.59. The summed E-state index contributed by atoms with van der Waals surface area (Å²) in [4.78, 5) is 38.5. The first-order valence-electron chi connectivity index (χ1n) is 12.4. The van der Waals surface area contributed by atoms with E-state index >= 15 is 0 Å². The van der Waals surface area contributed by atoms with Gasteiger partial charge in [0.15, 0.2) is 0 Å². The topological polar surface area (TPSA) is 87.3 Å². The third kappa shape index (κ3) is 5.55. The van der Waals surface area contributed by atoms with Gasteiger partial charge in [0.1, 0.15) is 0 Å². The maximum atomic E-state index is 12.8. The smallest absolute Gasteiger partial charge is 0.223 e. The van der Waals surface area contributed by atoms with Crippen molar-refractivity contribution in [3.8, 4) is 0 Å². The molecule has 0 aliphatic heterocycles. The Bertz CT molecular complexity index is 534. The fraction of sp³-hybridized carbons (Fsp3) is 0.875. The largest absolute Gasteiger partial charge is 0.356 e. The molecule has 0 aromatic heterocycles. The van der Waals surface area contributed by atoms with Crippen LogP contribution in [-0.2, 0) is 14.4 Å². The van der Waals surface area contributed by atoms with Crippen molar-refractivity contribution in [1.82, 2.24) is 16.0 Å². The minimum atomic E-state index is -0.238. The highest BCUT2D eigenvalue weighted by Gasteiger charge is 2.39. The molecule has 0 radical (unpaired) electrons. The summed E-state index contributed by atoms with van der Waals surface area (Å²) in [5, 5.41) is 9.32. The Balaban J connectivity index is 1.32. The van der Waals surface area contributed by atoms with Crippen molar-refractivity contribution < 1.29 is 14.4 Å². The first-order chi connectivity index (χ1) is 14.6. The Morgan fingerprint density at radius 1 is 0.500 bits per heavy atom. The number of nitrogens with one attached hydrogen (secondary N) is 3. The van der Waals surface area contributed by atoms with Gasteiger partial charge in [-0.15, -0.1) is 0 Å². The van der Waals surface area contributed by atoms with E-state index in [1.54, 1.807) is 0 Å². The number of hydrogen-bond acceptors (Lipinski definition) is 3. The molecule has 0 bridgehead atoms. The van der Waals surface area contributed by atoms with Crippen LogP contribution < -0.4 is 16.0 Å². The molecule has 30 heavy (non-hydrogen) atoms. The fourth-order valence-electron chi connectivity index (χ4n) is 5.22. The predicted octanol–water partition coefficient (Wildman–Crippen LogP) is 2.77. The third-order valence-electron chi connectivity index (χ3n) is 8.19. The minimum absolute atomic E-state index is 0.0372. The van der Waals surface area contributed by atoms with Crippen molar-refractivity contribution >= 4 is 17.7 Å². The molecule has 4 aliphatic rings. The van der Waals surface area contributed by atoms with Gasteiger partial charge in [0.25, 0.3) is 0 Å². The van der Waals surface area contributed by atoms with Gasteiger partial charge in [0, 0.05) is 37.4 Å². The van der Waals surface area contributed by atoms with E-state index in [2.05, 4.69) is 16.0 Å². The van der Waals surface area contributed by atoms with Gasteiger partial charge in [-0.2, -0.15) is 0 Å². The van der Waals surface area contributed by atoms with E-state index in [9.17, 15) is 14.4 Å². The Morgan fingerprint density at radius 2 is 0.767 bits per heavy atom. The van der Waals surface area contributed by atoms with E-state index < -0.39 is 0 Å². The summed E-state index contributed by atoms with van der Waals surface area (Å²) >= 11 is 0. The van der Waals surface area contributed by atoms with Crippen LogP contribution in [-0.4, -0.2) is 37.4 Å². The minimum Gasteiger partial charge on any atom is -0.356 e. The third-order valence-corrected chi connectivity index (χ3v) is 8.19. The summed E-state index contributed by atoms with van der Waals surface area (Å²) in [6, 6.07) is 0. The first-order valence-corrected chi connectivity index (χ1v) is 12.4. The fourth-order valence-corrected chi connectivity index (χ4v) is 5.22. The van der Waals surface area contributed by atoms with Crippen molar-refractivity contribution in [3.05, 3.63) is 0 Å². The molecule has 0 aromatic rings. The number of carbonyl (C=O) groups excluding carboxylic acids is 3. The van der Waals surface area contributed by atoms with Gasteiger partial charge in [-0.3, -0.25) is 14.4 Å². The van der Waals surface area contributed by atoms with Crippen LogP contribution in [0.5, 0.6) is 0 Å². The summed E-state index contributed by atoms with van der Waals surface area (Å²) in [5.41, 5.74) is 0. The van der Waals surface area contributed by atoms with Gasteiger partial charge in [0.2, 0.25) is 17.7 Å². The molecule has 4 aliphatic carbocycles. The standard InChI is InChI=1S/C24H39N3O3/c28-22(25-13-16-4-1-5-16)19-10-20(23(29)26-14-17-6-2-7-17)12-21(11-19)24(30)27-15-18-8-3-9-18/h16-21H,1-15H2,(H,25,28)(H,26,29)(H,27,30). The van der Waals surface area contributed by atoms with Crippen LogP contribution in [0, 0.1) is 35.5 Å². The van der Waals surface area contributed by atoms with Gasteiger partial charge in [-0.05, 0) is 75.5 Å². The number of carbonyl (C=O) groups is 3. The number of amides is 3. The first kappa shape index (κ1) is 21.6. The van der Waals surface area contributed by atoms with Crippen molar-refractivity contribution in [1.29, 1.82) is 0 Å². The second kappa shape index (κ2) is 10.1. The van der Waals surface area contributed by atoms with Crippen LogP contribution in [0.2, 0.25) is 0 Å². The lowest BCUT2D eigenvalue weighted by Crippen LogP contribution is -2.47. The van der Waals surface area contributed by atoms with Crippen molar-refractivity contribution in [2.45, 2.75) is 77.0 Å². The predicted molar refractivity (Wildman–Crippen MR) is 115 cm³/mol. The molecule has 0 saturated heterocycles. The SMILES string of the molecule is O=C(NCC1CCC1)C1CC(C(=O)NCC2CCC2)CC(C(=O)NCC2CCC2)C1. The highest BCUT2D eigenvalue weighted by molar-refractivity contribution is 5.86. The zero-order chi connectivity index (χ0) is 20.9. The van der Waals surface area contributed by atoms with E-state index in [4.69, 9.17) is 0 Å². The summed E-state index contributed by atoms with van der Waals surface area (Å²) in [6.45, 7) is 2.23. The second-order valence-corrected chi connectivity index (χ2v) is 10.4. The molecule has 4 rings (SSSR count). The summed E-state index contributed by atoms with van der Waals surface area (Å²) < 4.78 is 0. The van der Waals surface area contributed by atoms with E-state index in [0.717, 1.165) is 19.6 Å². The summed E-state index contributed by atoms with van der Waals surface area (Å²) in [6.07, 6.45) is 12.7. The van der Waals surface area contributed by atoms with Crippen LogP contribution in [0.15, 0.2) is 0 Å². The van der Waals surface area contributed by atoms with Crippen LogP contribution in [0.25, 0.3) is 0 Å². The van der Waals surface area contributed by atoms with Gasteiger partial charge in [-0.25, -0.2) is 0 Å². The highest BCUT2D eigenvalue weighted by atomic mass is 16.2. The molecular weight excluding hydrogens is 378 g/mol. The molecule has 4 saturated carbocycles. The Morgan fingerprint density at radius 3 is 0.967 bits per heavy atom. The second-order valence-electron chi connectivity index (χ2n) is 10.4. The average molecular weight is 418 g/mol. The number of rotatable bonds is 9. The summed E-state index contributed by atoms with van der Waals surface area (Å²) in [7, 11) is 0. The molecule has 0 spiro atoms. The molecule has 0 atom stereocenters. The average Bonchev–Trinajstić information content (AvgIpc) is 2.63. The van der Waals surface area contributed by atoms with E-state index in [1.165, 1.54) is 57.8 Å². The Labute approximate surface area is 180 Å². The zero-order valence-electron chi connectivity index (χ0n) is 18.3.